The molecule has 0 heterocycles. The Labute approximate surface area is 91.9 Å². The van der Waals surface area contributed by atoms with Crippen molar-refractivity contribution in [1.29, 1.82) is 0 Å². The molecule has 0 atom stereocenters. The molecule has 0 spiro atoms. The normalized spacial score (nSPS) is 10.9. The van der Waals surface area contributed by atoms with Gasteiger partial charge in [-0.05, 0) is 12.1 Å². The fourth-order valence-electron chi connectivity index (χ4n) is 1.23. The van der Waals surface area contributed by atoms with Crippen LogP contribution in [-0.4, -0.2) is 14.8 Å². The smallest absolute Gasteiger partial charge is 0.252 e. The van der Waals surface area contributed by atoms with E-state index in [0.717, 1.165) is 12.1 Å². The van der Waals surface area contributed by atoms with Gasteiger partial charge in [0.05, 0.1) is 0 Å². The first kappa shape index (κ1) is 12.4. The minimum absolute atomic E-state index is 0.629. The third-order valence-corrected chi connectivity index (χ3v) is 2.00. The molecule has 17 heavy (non-hydrogen) atoms. The standard InChI is InChI=1S/C7H4FN3O6/c8-6-4-2-1-3-5(6)7(9(12)13,10(14)15)11(16)17/h1-4H. The Morgan fingerprint density at radius 2 is 1.35 bits per heavy atom. The predicted molar refractivity (Wildman–Crippen MR) is 49.1 cm³/mol. The third-order valence-electron chi connectivity index (χ3n) is 2.00. The van der Waals surface area contributed by atoms with Crippen LogP contribution in [0, 0.1) is 36.2 Å². The second-order valence-electron chi connectivity index (χ2n) is 2.89. The highest BCUT2D eigenvalue weighted by Gasteiger charge is 2.73. The largest absolute Gasteiger partial charge is 0.731 e. The lowest BCUT2D eigenvalue weighted by atomic mass is 10.1. The lowest BCUT2D eigenvalue weighted by Gasteiger charge is -2.08. The quantitative estimate of drug-likeness (QED) is 0.437. The van der Waals surface area contributed by atoms with Gasteiger partial charge in [-0.3, -0.25) is 30.3 Å². The molecule has 10 heteroatoms. The van der Waals surface area contributed by atoms with Crippen molar-refractivity contribution in [3.63, 3.8) is 0 Å². The SMILES string of the molecule is O=[N+]([O-])C(c1ccccc1F)([N+](=O)[O-])[N+](=O)[O-]. The highest BCUT2D eigenvalue weighted by atomic mass is 19.1. The molecule has 0 fully saturated rings. The van der Waals surface area contributed by atoms with Crippen LogP contribution in [0.4, 0.5) is 4.39 Å². The van der Waals surface area contributed by atoms with Gasteiger partial charge in [0.2, 0.25) is 5.56 Å². The van der Waals surface area contributed by atoms with Crippen molar-refractivity contribution < 1.29 is 19.2 Å². The molecule has 0 radical (unpaired) electrons. The van der Waals surface area contributed by atoms with Gasteiger partial charge in [0, 0.05) is 0 Å². The van der Waals surface area contributed by atoms with E-state index in [0.29, 0.717) is 12.1 Å². The molecule has 0 N–H and O–H groups in total. The van der Waals surface area contributed by atoms with E-state index < -0.39 is 31.9 Å². The summed E-state index contributed by atoms with van der Waals surface area (Å²) in [6.45, 7) is 0. The molecule has 1 aromatic rings. The molecule has 1 aromatic carbocycles. The van der Waals surface area contributed by atoms with Gasteiger partial charge in [0.25, 0.3) is 0 Å². The van der Waals surface area contributed by atoms with Gasteiger partial charge in [0.1, 0.15) is 5.82 Å². The van der Waals surface area contributed by atoms with Crippen LogP contribution in [0.25, 0.3) is 0 Å². The van der Waals surface area contributed by atoms with Crippen LogP contribution in [-0.2, 0) is 5.79 Å². The summed E-state index contributed by atoms with van der Waals surface area (Å²) < 4.78 is 13.3. The Balaban J connectivity index is 3.66. The van der Waals surface area contributed by atoms with E-state index in [9.17, 15) is 34.7 Å². The zero-order valence-electron chi connectivity index (χ0n) is 7.98. The number of hydrogen-bond donors (Lipinski definition) is 0. The van der Waals surface area contributed by atoms with Crippen molar-refractivity contribution in [3.05, 3.63) is 66.0 Å². The lowest BCUT2D eigenvalue weighted by molar-refractivity contribution is -0.986. The maximum Gasteiger partial charge on any atom is 0.731 e. The van der Waals surface area contributed by atoms with Crippen LogP contribution in [0.1, 0.15) is 5.56 Å². The second-order valence-corrected chi connectivity index (χ2v) is 2.89. The van der Waals surface area contributed by atoms with Crippen LogP contribution in [0.15, 0.2) is 24.3 Å². The maximum atomic E-state index is 13.3. The van der Waals surface area contributed by atoms with E-state index in [1.807, 2.05) is 0 Å². The van der Waals surface area contributed by atoms with Crippen molar-refractivity contribution in [2.24, 2.45) is 0 Å². The second kappa shape index (κ2) is 4.08. The summed E-state index contributed by atoms with van der Waals surface area (Å²) >= 11 is 0. The van der Waals surface area contributed by atoms with Crippen molar-refractivity contribution in [1.82, 2.24) is 0 Å². The molecular weight excluding hydrogens is 241 g/mol. The van der Waals surface area contributed by atoms with Crippen LogP contribution < -0.4 is 0 Å². The third kappa shape index (κ3) is 1.64. The topological polar surface area (TPSA) is 129 Å². The average molecular weight is 245 g/mol. The number of nitro groups is 3. The van der Waals surface area contributed by atoms with Gasteiger partial charge in [-0.15, -0.1) is 0 Å². The van der Waals surface area contributed by atoms with Gasteiger partial charge < -0.3 is 0 Å². The number of hydrogen-bond acceptors (Lipinski definition) is 6. The molecule has 0 aliphatic heterocycles. The van der Waals surface area contributed by atoms with Crippen LogP contribution >= 0.6 is 0 Å². The van der Waals surface area contributed by atoms with Crippen molar-refractivity contribution in [2.75, 3.05) is 0 Å². The molecule has 0 aliphatic carbocycles. The first-order valence-electron chi connectivity index (χ1n) is 4.03. The van der Waals surface area contributed by atoms with Crippen LogP contribution in [0.3, 0.4) is 0 Å². The van der Waals surface area contributed by atoms with Gasteiger partial charge in [-0.25, -0.2) is 4.39 Å². The highest BCUT2D eigenvalue weighted by molar-refractivity contribution is 5.20. The predicted octanol–water partition coefficient (Wildman–Crippen LogP) is 0.766. The summed E-state index contributed by atoms with van der Waals surface area (Å²) in [5.74, 6) is -5.32. The van der Waals surface area contributed by atoms with Crippen molar-refractivity contribution in [3.8, 4) is 0 Å². The lowest BCUT2D eigenvalue weighted by Crippen LogP contribution is -2.50. The number of rotatable bonds is 4. The maximum absolute atomic E-state index is 13.3. The summed E-state index contributed by atoms with van der Waals surface area (Å²) in [5.41, 5.74) is -1.22. The Kier molecular flexibility index (Phi) is 2.98. The summed E-state index contributed by atoms with van der Waals surface area (Å²) in [7, 11) is 0. The van der Waals surface area contributed by atoms with E-state index in [2.05, 4.69) is 0 Å². The summed E-state index contributed by atoms with van der Waals surface area (Å²) in [6.07, 6.45) is 0. The van der Waals surface area contributed by atoms with Crippen molar-refractivity contribution in [2.45, 2.75) is 5.79 Å². The van der Waals surface area contributed by atoms with Gasteiger partial charge in [-0.1, -0.05) is 12.1 Å². The molecule has 0 saturated heterocycles. The summed E-state index contributed by atoms with van der Waals surface area (Å²) in [4.78, 5) is 26.6. The van der Waals surface area contributed by atoms with Gasteiger partial charge in [-0.2, -0.15) is 0 Å². The molecular formula is C7H4FN3O6. The molecule has 0 aliphatic rings. The zero-order valence-corrected chi connectivity index (χ0v) is 7.98. The number of benzene rings is 1. The van der Waals surface area contributed by atoms with E-state index in [4.69, 9.17) is 0 Å². The molecule has 0 bridgehead atoms. The fourth-order valence-corrected chi connectivity index (χ4v) is 1.23. The molecule has 90 valence electrons. The van der Waals surface area contributed by atoms with Crippen LogP contribution in [0.5, 0.6) is 0 Å². The molecule has 0 aromatic heterocycles. The van der Waals surface area contributed by atoms with E-state index in [1.165, 1.54) is 0 Å². The highest BCUT2D eigenvalue weighted by Crippen LogP contribution is 2.28. The molecule has 0 saturated carbocycles. The molecule has 9 nitrogen and oxygen atoms in total. The zero-order chi connectivity index (χ0) is 13.2. The molecule has 0 unspecified atom stereocenters. The Hall–Kier alpha value is -2.65. The first-order chi connectivity index (χ1) is 7.85. The summed E-state index contributed by atoms with van der Waals surface area (Å²) in [5, 5.41) is 31.8. The number of nitrogens with zero attached hydrogens (tertiary/aromatic N) is 3. The number of halogens is 1. The minimum atomic E-state index is -3.93. The Bertz CT molecular complexity index is 468. The fraction of sp³-hybridized carbons (Fsp3) is 0.143. The Morgan fingerprint density at radius 3 is 1.71 bits per heavy atom. The van der Waals surface area contributed by atoms with Gasteiger partial charge >= 0.3 is 5.79 Å². The van der Waals surface area contributed by atoms with Crippen molar-refractivity contribution >= 4 is 0 Å². The van der Waals surface area contributed by atoms with Crippen LogP contribution in [0.2, 0.25) is 0 Å². The van der Waals surface area contributed by atoms with Gasteiger partial charge in [0.15, 0.2) is 14.8 Å². The van der Waals surface area contributed by atoms with E-state index >= 15 is 0 Å². The van der Waals surface area contributed by atoms with E-state index in [-0.39, 0.29) is 0 Å². The monoisotopic (exact) mass is 245 g/mol. The summed E-state index contributed by atoms with van der Waals surface area (Å²) in [6, 6.07) is 3.43. The molecule has 0 amide bonds. The van der Waals surface area contributed by atoms with E-state index in [1.54, 1.807) is 0 Å². The Morgan fingerprint density at radius 1 is 0.941 bits per heavy atom. The molecule has 1 rings (SSSR count). The average Bonchev–Trinajstić information content (AvgIpc) is 2.19. The first-order valence-corrected chi connectivity index (χ1v) is 4.03. The minimum Gasteiger partial charge on any atom is -0.252 e.